The minimum absolute atomic E-state index is 0.0302. The molecule has 1 N–H and O–H groups in total. The zero-order valence-electron chi connectivity index (χ0n) is 18.6. The highest BCUT2D eigenvalue weighted by Gasteiger charge is 2.46. The van der Waals surface area contributed by atoms with Crippen LogP contribution in [0.1, 0.15) is 54.4 Å². The van der Waals surface area contributed by atoms with Gasteiger partial charge in [0, 0.05) is 38.3 Å². The van der Waals surface area contributed by atoms with Crippen LogP contribution in [0, 0.1) is 23.7 Å². The molecule has 3 amide bonds. The van der Waals surface area contributed by atoms with Crippen molar-refractivity contribution in [3.05, 3.63) is 35.4 Å². The van der Waals surface area contributed by atoms with Gasteiger partial charge in [0.05, 0.1) is 13.2 Å². The SMILES string of the molecule is CN(Cc1ccc(C(=O)NC2CCC3CC4CC(C3)C2C4)cc1)C(=O)N1CCOCC1. The Balaban J connectivity index is 1.17. The number of carbonyl (C=O) groups is 2. The van der Waals surface area contributed by atoms with Crippen molar-refractivity contribution in [2.24, 2.45) is 23.7 Å². The highest BCUT2D eigenvalue weighted by molar-refractivity contribution is 5.94. The Morgan fingerprint density at radius 1 is 1.03 bits per heavy atom. The van der Waals surface area contributed by atoms with Gasteiger partial charge in [0.25, 0.3) is 5.91 Å². The number of nitrogens with one attached hydrogen (secondary N) is 1. The van der Waals surface area contributed by atoms with Crippen LogP contribution in [0.5, 0.6) is 0 Å². The average Bonchev–Trinajstić information content (AvgIpc) is 3.04. The van der Waals surface area contributed by atoms with Gasteiger partial charge in [-0.25, -0.2) is 4.79 Å². The number of nitrogens with zero attached hydrogens (tertiary/aromatic N) is 2. The number of hydrogen-bond acceptors (Lipinski definition) is 3. The summed E-state index contributed by atoms with van der Waals surface area (Å²) in [6.45, 7) is 3.04. The van der Waals surface area contributed by atoms with Crippen LogP contribution in [0.2, 0.25) is 0 Å². The van der Waals surface area contributed by atoms with Crippen molar-refractivity contribution in [2.45, 2.75) is 51.1 Å². The van der Waals surface area contributed by atoms with E-state index in [1.165, 1.54) is 32.1 Å². The lowest BCUT2D eigenvalue weighted by Crippen LogP contribution is -2.46. The van der Waals surface area contributed by atoms with Gasteiger partial charge in [0.15, 0.2) is 0 Å². The Kier molecular flexibility index (Phi) is 5.91. The number of amides is 3. The minimum Gasteiger partial charge on any atom is -0.378 e. The fraction of sp³-hybridized carbons (Fsp3) is 0.680. The molecule has 6 nitrogen and oxygen atoms in total. The second-order valence-corrected chi connectivity index (χ2v) is 10.2. The van der Waals surface area contributed by atoms with Gasteiger partial charge >= 0.3 is 6.03 Å². The Bertz CT molecular complexity index is 805. The van der Waals surface area contributed by atoms with E-state index in [4.69, 9.17) is 4.74 Å². The zero-order valence-corrected chi connectivity index (χ0v) is 18.6. The summed E-state index contributed by atoms with van der Waals surface area (Å²) >= 11 is 0. The molecule has 3 aliphatic carbocycles. The fourth-order valence-electron chi connectivity index (χ4n) is 6.62. The van der Waals surface area contributed by atoms with Crippen molar-refractivity contribution in [3.8, 4) is 0 Å². The van der Waals surface area contributed by atoms with Crippen LogP contribution in [0.3, 0.4) is 0 Å². The third-order valence-electron chi connectivity index (χ3n) is 8.11. The fourth-order valence-corrected chi connectivity index (χ4v) is 6.62. The zero-order chi connectivity index (χ0) is 21.4. The first-order valence-electron chi connectivity index (χ1n) is 12.0. The lowest BCUT2D eigenvalue weighted by atomic mass is 9.80. The van der Waals surface area contributed by atoms with Crippen molar-refractivity contribution >= 4 is 11.9 Å². The van der Waals surface area contributed by atoms with Crippen molar-refractivity contribution < 1.29 is 14.3 Å². The van der Waals surface area contributed by atoms with Gasteiger partial charge in [0.2, 0.25) is 0 Å². The maximum Gasteiger partial charge on any atom is 0.320 e. The smallest absolute Gasteiger partial charge is 0.320 e. The van der Waals surface area contributed by atoms with Crippen molar-refractivity contribution in [1.82, 2.24) is 15.1 Å². The molecular weight excluding hydrogens is 390 g/mol. The van der Waals surface area contributed by atoms with Crippen LogP contribution < -0.4 is 5.32 Å². The van der Waals surface area contributed by atoms with E-state index in [-0.39, 0.29) is 11.9 Å². The van der Waals surface area contributed by atoms with Gasteiger partial charge in [0.1, 0.15) is 0 Å². The third-order valence-corrected chi connectivity index (χ3v) is 8.11. The molecule has 4 fully saturated rings. The molecule has 0 radical (unpaired) electrons. The van der Waals surface area contributed by atoms with Gasteiger partial charge in [-0.1, -0.05) is 12.1 Å². The second kappa shape index (κ2) is 8.81. The standard InChI is InChI=1S/C25H35N3O3/c1-27(25(30)28-8-10-31-11-9-28)16-17-2-5-20(6-3-17)24(29)26-23-7-4-18-12-19-14-21(13-18)22(23)15-19/h2-3,5-6,18-19,21-23H,4,7-16H2,1H3,(H,26,29). The molecule has 5 atom stereocenters. The molecule has 3 saturated carbocycles. The van der Waals surface area contributed by atoms with E-state index in [9.17, 15) is 9.59 Å². The molecule has 4 aliphatic rings. The molecule has 1 aromatic rings. The Morgan fingerprint density at radius 3 is 2.55 bits per heavy atom. The number of fused-ring (bicyclic) bond motifs is 2. The van der Waals surface area contributed by atoms with Crippen LogP contribution in [0.4, 0.5) is 4.79 Å². The second-order valence-electron chi connectivity index (χ2n) is 10.2. The van der Waals surface area contributed by atoms with Crippen LogP contribution >= 0.6 is 0 Å². The molecule has 0 spiro atoms. The van der Waals surface area contributed by atoms with Gasteiger partial charge in [-0.3, -0.25) is 4.79 Å². The van der Waals surface area contributed by atoms with Crippen LogP contribution in [-0.2, 0) is 11.3 Å². The topological polar surface area (TPSA) is 61.9 Å². The van der Waals surface area contributed by atoms with E-state index in [1.807, 2.05) is 36.2 Å². The summed E-state index contributed by atoms with van der Waals surface area (Å²) in [5, 5.41) is 3.39. The lowest BCUT2D eigenvalue weighted by molar-refractivity contribution is 0.0448. The monoisotopic (exact) mass is 425 g/mol. The summed E-state index contributed by atoms with van der Waals surface area (Å²) in [6, 6.07) is 8.11. The van der Waals surface area contributed by atoms with E-state index >= 15 is 0 Å². The largest absolute Gasteiger partial charge is 0.378 e. The maximum absolute atomic E-state index is 13.0. The van der Waals surface area contributed by atoms with E-state index in [1.54, 1.807) is 4.90 Å². The maximum atomic E-state index is 13.0. The number of morpholine rings is 1. The molecular formula is C25H35N3O3. The van der Waals surface area contributed by atoms with Gasteiger partial charge < -0.3 is 19.9 Å². The van der Waals surface area contributed by atoms with E-state index in [0.717, 1.165) is 35.3 Å². The average molecular weight is 426 g/mol. The number of hydrogen-bond donors (Lipinski definition) is 1. The van der Waals surface area contributed by atoms with Crippen LogP contribution in [0.15, 0.2) is 24.3 Å². The van der Waals surface area contributed by atoms with Crippen molar-refractivity contribution in [3.63, 3.8) is 0 Å². The van der Waals surface area contributed by atoms with Crippen LogP contribution in [0.25, 0.3) is 0 Å². The third kappa shape index (κ3) is 4.45. The molecule has 5 rings (SSSR count). The first-order valence-corrected chi connectivity index (χ1v) is 12.0. The number of carbonyl (C=O) groups excluding carboxylic acids is 2. The van der Waals surface area contributed by atoms with E-state index < -0.39 is 0 Å². The van der Waals surface area contributed by atoms with Crippen molar-refractivity contribution in [2.75, 3.05) is 33.4 Å². The predicted molar refractivity (Wildman–Crippen MR) is 119 cm³/mol. The van der Waals surface area contributed by atoms with Gasteiger partial charge in [-0.2, -0.15) is 0 Å². The quantitative estimate of drug-likeness (QED) is 0.803. The first kappa shape index (κ1) is 20.8. The molecule has 1 aromatic carbocycles. The molecule has 1 aliphatic heterocycles. The normalized spacial score (nSPS) is 31.9. The van der Waals surface area contributed by atoms with Crippen molar-refractivity contribution in [1.29, 1.82) is 0 Å². The Labute approximate surface area is 185 Å². The number of ether oxygens (including phenoxy) is 1. The molecule has 31 heavy (non-hydrogen) atoms. The number of urea groups is 1. The molecule has 5 unspecified atom stereocenters. The molecule has 0 aromatic heterocycles. The summed E-state index contributed by atoms with van der Waals surface area (Å²) < 4.78 is 5.32. The van der Waals surface area contributed by atoms with Gasteiger partial charge in [-0.15, -0.1) is 0 Å². The molecule has 1 saturated heterocycles. The summed E-state index contributed by atoms with van der Waals surface area (Å²) in [5.41, 5.74) is 1.75. The Hall–Kier alpha value is -2.08. The minimum atomic E-state index is 0.0302. The summed E-state index contributed by atoms with van der Waals surface area (Å²) in [7, 11) is 1.83. The lowest BCUT2D eigenvalue weighted by Gasteiger charge is -2.31. The van der Waals surface area contributed by atoms with E-state index in [2.05, 4.69) is 5.32 Å². The predicted octanol–water partition coefficient (Wildman–Crippen LogP) is 3.52. The molecule has 168 valence electrons. The first-order chi connectivity index (χ1) is 15.1. The molecule has 1 heterocycles. The Morgan fingerprint density at radius 2 is 1.77 bits per heavy atom. The molecule has 3 bridgehead atoms. The van der Waals surface area contributed by atoms with Gasteiger partial charge in [-0.05, 0) is 79.9 Å². The highest BCUT2D eigenvalue weighted by Crippen LogP contribution is 2.53. The van der Waals surface area contributed by atoms with Crippen LogP contribution in [-0.4, -0.2) is 61.1 Å². The number of benzene rings is 1. The summed E-state index contributed by atoms with van der Waals surface area (Å²) in [4.78, 5) is 29.1. The van der Waals surface area contributed by atoms with E-state index in [0.29, 0.717) is 44.8 Å². The summed E-state index contributed by atoms with van der Waals surface area (Å²) in [5.74, 6) is 3.37. The molecule has 6 heteroatoms. The highest BCUT2D eigenvalue weighted by atomic mass is 16.5. The number of rotatable bonds is 4. The summed E-state index contributed by atoms with van der Waals surface area (Å²) in [6.07, 6.45) is 7.93.